The molecule has 0 amide bonds. The van der Waals surface area contributed by atoms with Crippen LogP contribution in [0.15, 0.2) is 0 Å². The van der Waals surface area contributed by atoms with Crippen LogP contribution in [0.25, 0.3) is 0 Å². The van der Waals surface area contributed by atoms with Gasteiger partial charge in [0.2, 0.25) is 0 Å². The minimum Gasteiger partial charge on any atom is -0.381 e. The fourth-order valence-electron chi connectivity index (χ4n) is 3.11. The van der Waals surface area contributed by atoms with E-state index in [1.807, 2.05) is 0 Å². The first-order chi connectivity index (χ1) is 8.55. The maximum absolute atomic E-state index is 5.53. The van der Waals surface area contributed by atoms with E-state index in [0.29, 0.717) is 17.5 Å². The lowest BCUT2D eigenvalue weighted by atomic mass is 9.88. The average Bonchev–Trinajstić information content (AvgIpc) is 2.84. The van der Waals surface area contributed by atoms with Crippen molar-refractivity contribution >= 4 is 0 Å². The Bertz CT molecular complexity index is 261. The molecule has 3 atom stereocenters. The van der Waals surface area contributed by atoms with E-state index in [0.717, 1.165) is 25.7 Å². The summed E-state index contributed by atoms with van der Waals surface area (Å²) in [4.78, 5) is 2.73. The summed E-state index contributed by atoms with van der Waals surface area (Å²) >= 11 is 0. The van der Waals surface area contributed by atoms with E-state index in [4.69, 9.17) is 4.74 Å². The fourth-order valence-corrected chi connectivity index (χ4v) is 3.11. The van der Waals surface area contributed by atoms with E-state index < -0.39 is 0 Å². The predicted octanol–water partition coefficient (Wildman–Crippen LogP) is 2.12. The first-order valence-corrected chi connectivity index (χ1v) is 7.61. The molecule has 0 aromatic heterocycles. The molecule has 0 saturated carbocycles. The molecule has 2 saturated heterocycles. The third-order valence-electron chi connectivity index (χ3n) is 4.99. The van der Waals surface area contributed by atoms with Crippen LogP contribution in [0.3, 0.4) is 0 Å². The molecule has 0 aliphatic carbocycles. The Balaban J connectivity index is 1.99. The summed E-state index contributed by atoms with van der Waals surface area (Å²) in [6.45, 7) is 14.8. The summed E-state index contributed by atoms with van der Waals surface area (Å²) < 4.78 is 5.53. The van der Waals surface area contributed by atoms with Crippen molar-refractivity contribution in [1.29, 1.82) is 0 Å². The minimum atomic E-state index is 0.327. The molecule has 1 N–H and O–H groups in total. The van der Waals surface area contributed by atoms with E-state index in [9.17, 15) is 0 Å². The molecule has 2 fully saturated rings. The second-order valence-electron chi connectivity index (χ2n) is 6.72. The first kappa shape index (κ1) is 14.3. The highest BCUT2D eigenvalue weighted by molar-refractivity contribution is 4.96. The number of hydrogen-bond donors (Lipinski definition) is 1. The third-order valence-corrected chi connectivity index (χ3v) is 4.99. The third kappa shape index (κ3) is 3.06. The van der Waals surface area contributed by atoms with Gasteiger partial charge in [0.1, 0.15) is 0 Å². The molecule has 2 heterocycles. The minimum absolute atomic E-state index is 0.327. The topological polar surface area (TPSA) is 24.5 Å². The van der Waals surface area contributed by atoms with Crippen molar-refractivity contribution in [3.63, 3.8) is 0 Å². The van der Waals surface area contributed by atoms with Crippen molar-refractivity contribution in [2.75, 3.05) is 32.8 Å². The number of piperazine rings is 1. The largest absolute Gasteiger partial charge is 0.381 e. The van der Waals surface area contributed by atoms with Crippen LogP contribution in [-0.4, -0.2) is 49.3 Å². The van der Waals surface area contributed by atoms with Crippen molar-refractivity contribution in [2.24, 2.45) is 11.8 Å². The molecule has 2 aliphatic heterocycles. The van der Waals surface area contributed by atoms with Crippen LogP contribution in [0.1, 0.15) is 40.5 Å². The van der Waals surface area contributed by atoms with Gasteiger partial charge >= 0.3 is 0 Å². The molecule has 0 radical (unpaired) electrons. The highest BCUT2D eigenvalue weighted by Gasteiger charge is 2.38. The zero-order valence-corrected chi connectivity index (χ0v) is 12.5. The maximum atomic E-state index is 5.53. The molecule has 0 aromatic rings. The van der Waals surface area contributed by atoms with Gasteiger partial charge in [-0.3, -0.25) is 4.90 Å². The smallest absolute Gasteiger partial charge is 0.0507 e. The Morgan fingerprint density at radius 2 is 2.22 bits per heavy atom. The Kier molecular flexibility index (Phi) is 4.68. The molecule has 2 rings (SSSR count). The van der Waals surface area contributed by atoms with Crippen LogP contribution in [0.5, 0.6) is 0 Å². The lowest BCUT2D eigenvalue weighted by molar-refractivity contribution is 0.0239. The number of hydrogen-bond acceptors (Lipinski definition) is 3. The monoisotopic (exact) mass is 254 g/mol. The lowest BCUT2D eigenvalue weighted by Crippen LogP contribution is -2.64. The van der Waals surface area contributed by atoms with Gasteiger partial charge in [0, 0.05) is 37.8 Å². The predicted molar refractivity (Wildman–Crippen MR) is 75.8 cm³/mol. The van der Waals surface area contributed by atoms with Crippen molar-refractivity contribution in [3.8, 4) is 0 Å². The van der Waals surface area contributed by atoms with Gasteiger partial charge in [-0.05, 0) is 31.6 Å². The summed E-state index contributed by atoms with van der Waals surface area (Å²) in [6, 6.07) is 0.645. The van der Waals surface area contributed by atoms with E-state index in [2.05, 4.69) is 37.9 Å². The quantitative estimate of drug-likeness (QED) is 0.832. The average molecular weight is 254 g/mol. The summed E-state index contributed by atoms with van der Waals surface area (Å²) in [5.41, 5.74) is 0.327. The van der Waals surface area contributed by atoms with E-state index in [-0.39, 0.29) is 0 Å². The fraction of sp³-hybridized carbons (Fsp3) is 1.00. The van der Waals surface area contributed by atoms with Gasteiger partial charge in [0.25, 0.3) is 0 Å². The second-order valence-corrected chi connectivity index (χ2v) is 6.72. The van der Waals surface area contributed by atoms with Crippen LogP contribution in [-0.2, 0) is 4.74 Å². The Morgan fingerprint density at radius 3 is 2.78 bits per heavy atom. The van der Waals surface area contributed by atoms with E-state index >= 15 is 0 Å². The van der Waals surface area contributed by atoms with Gasteiger partial charge in [-0.1, -0.05) is 20.8 Å². The Hall–Kier alpha value is -0.120. The van der Waals surface area contributed by atoms with Crippen LogP contribution in [0.4, 0.5) is 0 Å². The van der Waals surface area contributed by atoms with E-state index in [1.54, 1.807) is 0 Å². The molecular formula is C15H30N2O. The lowest BCUT2D eigenvalue weighted by Gasteiger charge is -2.49. The van der Waals surface area contributed by atoms with Gasteiger partial charge in [-0.2, -0.15) is 0 Å². The van der Waals surface area contributed by atoms with Crippen molar-refractivity contribution in [3.05, 3.63) is 0 Å². The van der Waals surface area contributed by atoms with Crippen LogP contribution >= 0.6 is 0 Å². The number of rotatable bonds is 4. The number of nitrogens with one attached hydrogen (secondary N) is 1. The summed E-state index contributed by atoms with van der Waals surface area (Å²) in [7, 11) is 0. The molecule has 106 valence electrons. The molecule has 0 bridgehead atoms. The van der Waals surface area contributed by atoms with Gasteiger partial charge in [0.05, 0.1) is 6.61 Å². The molecule has 2 aliphatic rings. The van der Waals surface area contributed by atoms with Gasteiger partial charge in [-0.25, -0.2) is 0 Å². The molecule has 3 heteroatoms. The number of ether oxygens (including phenoxy) is 1. The zero-order chi connectivity index (χ0) is 13.2. The van der Waals surface area contributed by atoms with Crippen LogP contribution in [0, 0.1) is 11.8 Å². The first-order valence-electron chi connectivity index (χ1n) is 7.61. The molecule has 18 heavy (non-hydrogen) atoms. The summed E-state index contributed by atoms with van der Waals surface area (Å²) in [5, 5.41) is 3.74. The normalized spacial score (nSPS) is 38.5. The van der Waals surface area contributed by atoms with Gasteiger partial charge in [-0.15, -0.1) is 0 Å². The Labute approximate surface area is 112 Å². The molecule has 0 spiro atoms. The van der Waals surface area contributed by atoms with Crippen LogP contribution < -0.4 is 5.32 Å². The standard InChI is InChI=1S/C15H30N2O/c1-5-15(4)11-16-14(12(2)3)9-17(15)8-13-6-7-18-10-13/h12-14,16H,5-11H2,1-4H3. The highest BCUT2D eigenvalue weighted by Crippen LogP contribution is 2.27. The van der Waals surface area contributed by atoms with Crippen molar-refractivity contribution in [1.82, 2.24) is 10.2 Å². The van der Waals surface area contributed by atoms with Crippen molar-refractivity contribution < 1.29 is 4.74 Å². The summed E-state index contributed by atoms with van der Waals surface area (Å²) in [6.07, 6.45) is 2.47. The zero-order valence-electron chi connectivity index (χ0n) is 12.5. The maximum Gasteiger partial charge on any atom is 0.0507 e. The Morgan fingerprint density at radius 1 is 1.44 bits per heavy atom. The van der Waals surface area contributed by atoms with Crippen LogP contribution in [0.2, 0.25) is 0 Å². The van der Waals surface area contributed by atoms with Gasteiger partial charge < -0.3 is 10.1 Å². The van der Waals surface area contributed by atoms with E-state index in [1.165, 1.54) is 25.9 Å². The summed E-state index contributed by atoms with van der Waals surface area (Å²) in [5.74, 6) is 1.47. The molecule has 0 aromatic carbocycles. The SMILES string of the molecule is CCC1(C)CNC(C(C)C)CN1CC1CCOC1. The number of nitrogens with zero attached hydrogens (tertiary/aromatic N) is 1. The van der Waals surface area contributed by atoms with Crippen molar-refractivity contribution in [2.45, 2.75) is 52.1 Å². The highest BCUT2D eigenvalue weighted by atomic mass is 16.5. The molecule has 3 unspecified atom stereocenters. The van der Waals surface area contributed by atoms with Gasteiger partial charge in [0.15, 0.2) is 0 Å². The molecular weight excluding hydrogens is 224 g/mol. The second kappa shape index (κ2) is 5.89. The molecule has 3 nitrogen and oxygen atoms in total.